The molecule has 1 rings (SSSR count). The molecule has 1 saturated heterocycles. The van der Waals surface area contributed by atoms with Crippen molar-refractivity contribution >= 4 is 0 Å². The molecule has 0 aromatic heterocycles. The molecule has 1 N–H and O–H groups in total. The highest BCUT2D eigenvalue weighted by molar-refractivity contribution is 4.55. The summed E-state index contributed by atoms with van der Waals surface area (Å²) in [5.41, 5.74) is 0. The zero-order valence-corrected chi connectivity index (χ0v) is 8.74. The molecule has 0 bridgehead atoms. The standard InChI is InChI=1S/C4H9N.C4H10.C2H6/c1-2-4-5-3-1;1-3-4-2;1-2/h5H,1-4H2;3-4H2,1-2H3;1-2H3. The molecule has 11 heavy (non-hydrogen) atoms. The van der Waals surface area contributed by atoms with E-state index in [0.717, 1.165) is 0 Å². The van der Waals surface area contributed by atoms with E-state index in [2.05, 4.69) is 19.2 Å². The van der Waals surface area contributed by atoms with Crippen LogP contribution in [-0.4, -0.2) is 13.1 Å². The Labute approximate surface area is 72.6 Å². The fraction of sp³-hybridized carbons (Fsp3) is 1.00. The molecule has 1 aliphatic heterocycles. The van der Waals surface area contributed by atoms with Gasteiger partial charge in [0, 0.05) is 0 Å². The third-order valence-electron chi connectivity index (χ3n) is 1.46. The second kappa shape index (κ2) is 16.5. The van der Waals surface area contributed by atoms with Crippen LogP contribution in [0.3, 0.4) is 0 Å². The van der Waals surface area contributed by atoms with Gasteiger partial charge in [-0.1, -0.05) is 40.5 Å². The molecule has 0 atom stereocenters. The largest absolute Gasteiger partial charge is 0.317 e. The van der Waals surface area contributed by atoms with Crippen LogP contribution in [0.1, 0.15) is 53.4 Å². The summed E-state index contributed by atoms with van der Waals surface area (Å²) >= 11 is 0. The number of hydrogen-bond acceptors (Lipinski definition) is 1. The van der Waals surface area contributed by atoms with Crippen LogP contribution < -0.4 is 5.32 Å². The molecule has 0 unspecified atom stereocenters. The lowest BCUT2D eigenvalue weighted by Gasteiger charge is -1.76. The van der Waals surface area contributed by atoms with Crippen molar-refractivity contribution in [1.29, 1.82) is 0 Å². The molecule has 0 radical (unpaired) electrons. The van der Waals surface area contributed by atoms with E-state index in [-0.39, 0.29) is 0 Å². The van der Waals surface area contributed by atoms with Gasteiger partial charge in [0.1, 0.15) is 0 Å². The summed E-state index contributed by atoms with van der Waals surface area (Å²) in [7, 11) is 0. The number of rotatable bonds is 1. The lowest BCUT2D eigenvalue weighted by atomic mass is 10.4. The van der Waals surface area contributed by atoms with E-state index in [1.54, 1.807) is 0 Å². The van der Waals surface area contributed by atoms with Gasteiger partial charge in [-0.2, -0.15) is 0 Å². The zero-order valence-electron chi connectivity index (χ0n) is 8.74. The Hall–Kier alpha value is -0.0400. The molecule has 1 heterocycles. The van der Waals surface area contributed by atoms with Crippen LogP contribution in [0.25, 0.3) is 0 Å². The van der Waals surface area contributed by atoms with E-state index in [0.29, 0.717) is 0 Å². The fourth-order valence-electron chi connectivity index (χ4n) is 0.625. The summed E-state index contributed by atoms with van der Waals surface area (Å²) in [4.78, 5) is 0. The van der Waals surface area contributed by atoms with Gasteiger partial charge in [-0.15, -0.1) is 0 Å². The molecule has 1 nitrogen and oxygen atoms in total. The SMILES string of the molecule is C1CCNC1.CC.CCCC. The van der Waals surface area contributed by atoms with E-state index in [4.69, 9.17) is 0 Å². The molecule has 0 amide bonds. The second-order valence-corrected chi connectivity index (χ2v) is 2.46. The zero-order chi connectivity index (χ0) is 8.95. The topological polar surface area (TPSA) is 12.0 Å². The van der Waals surface area contributed by atoms with Gasteiger partial charge in [0.2, 0.25) is 0 Å². The van der Waals surface area contributed by atoms with Crippen molar-refractivity contribution in [2.45, 2.75) is 53.4 Å². The lowest BCUT2D eigenvalue weighted by molar-refractivity contribution is 0.857. The van der Waals surface area contributed by atoms with Crippen molar-refractivity contribution in [2.75, 3.05) is 13.1 Å². The molecule has 70 valence electrons. The van der Waals surface area contributed by atoms with Gasteiger partial charge in [-0.3, -0.25) is 0 Å². The van der Waals surface area contributed by atoms with E-state index in [1.165, 1.54) is 38.8 Å². The Morgan fingerprint density at radius 2 is 1.27 bits per heavy atom. The van der Waals surface area contributed by atoms with Crippen LogP contribution in [0.2, 0.25) is 0 Å². The summed E-state index contributed by atoms with van der Waals surface area (Å²) in [6.45, 7) is 10.9. The fourth-order valence-corrected chi connectivity index (χ4v) is 0.625. The highest BCUT2D eigenvalue weighted by atomic mass is 14.9. The van der Waals surface area contributed by atoms with Gasteiger partial charge in [-0.05, 0) is 25.9 Å². The minimum atomic E-state index is 1.25. The van der Waals surface area contributed by atoms with E-state index < -0.39 is 0 Å². The Kier molecular flexibility index (Phi) is 20.3. The van der Waals surface area contributed by atoms with Crippen LogP contribution in [0.4, 0.5) is 0 Å². The maximum Gasteiger partial charge on any atom is -0.00484 e. The minimum absolute atomic E-state index is 1.25. The first-order valence-electron chi connectivity index (χ1n) is 5.12. The molecule has 1 heteroatoms. The molecule has 0 saturated carbocycles. The van der Waals surface area contributed by atoms with Crippen LogP contribution in [-0.2, 0) is 0 Å². The monoisotopic (exact) mass is 159 g/mol. The first kappa shape index (κ1) is 13.5. The van der Waals surface area contributed by atoms with Crippen molar-refractivity contribution in [3.63, 3.8) is 0 Å². The highest BCUT2D eigenvalue weighted by Gasteiger charge is 1.93. The molecule has 0 aliphatic carbocycles. The third kappa shape index (κ3) is 17.8. The molecule has 0 aromatic rings. The second-order valence-electron chi connectivity index (χ2n) is 2.46. The van der Waals surface area contributed by atoms with Gasteiger partial charge < -0.3 is 5.32 Å². The van der Waals surface area contributed by atoms with Gasteiger partial charge in [0.05, 0.1) is 0 Å². The summed E-state index contributed by atoms with van der Waals surface area (Å²) in [5, 5.41) is 3.22. The molecular weight excluding hydrogens is 134 g/mol. The average Bonchev–Trinajstić information content (AvgIpc) is 2.65. The van der Waals surface area contributed by atoms with Gasteiger partial charge in [0.15, 0.2) is 0 Å². The molecule has 0 aromatic carbocycles. The molecular formula is C10H25N. The van der Waals surface area contributed by atoms with Crippen LogP contribution in [0, 0.1) is 0 Å². The molecule has 0 spiro atoms. The first-order chi connectivity index (χ1) is 5.41. The normalized spacial score (nSPS) is 14.2. The van der Waals surface area contributed by atoms with Gasteiger partial charge in [-0.25, -0.2) is 0 Å². The minimum Gasteiger partial charge on any atom is -0.317 e. The Morgan fingerprint density at radius 1 is 0.909 bits per heavy atom. The van der Waals surface area contributed by atoms with Crippen molar-refractivity contribution in [3.05, 3.63) is 0 Å². The first-order valence-corrected chi connectivity index (χ1v) is 5.12. The lowest BCUT2D eigenvalue weighted by Crippen LogP contribution is -2.03. The maximum atomic E-state index is 3.22. The van der Waals surface area contributed by atoms with E-state index in [1.807, 2.05) is 13.8 Å². The number of hydrogen-bond donors (Lipinski definition) is 1. The summed E-state index contributed by atoms with van der Waals surface area (Å²) in [5.74, 6) is 0. The van der Waals surface area contributed by atoms with Crippen molar-refractivity contribution in [1.82, 2.24) is 5.32 Å². The smallest absolute Gasteiger partial charge is 0.00484 e. The van der Waals surface area contributed by atoms with Gasteiger partial charge in [0.25, 0.3) is 0 Å². The highest BCUT2D eigenvalue weighted by Crippen LogP contribution is 1.90. The predicted molar refractivity (Wildman–Crippen MR) is 54.0 cm³/mol. The van der Waals surface area contributed by atoms with E-state index >= 15 is 0 Å². The van der Waals surface area contributed by atoms with Crippen molar-refractivity contribution < 1.29 is 0 Å². The Bertz CT molecular complexity index is 30.5. The Morgan fingerprint density at radius 3 is 1.36 bits per heavy atom. The Balaban J connectivity index is 0. The van der Waals surface area contributed by atoms with Crippen molar-refractivity contribution in [3.8, 4) is 0 Å². The molecule has 1 aliphatic rings. The average molecular weight is 159 g/mol. The molecule has 1 fully saturated rings. The summed E-state index contributed by atoms with van der Waals surface area (Å²) in [6.07, 6.45) is 5.42. The van der Waals surface area contributed by atoms with Gasteiger partial charge >= 0.3 is 0 Å². The van der Waals surface area contributed by atoms with Crippen LogP contribution in [0.5, 0.6) is 0 Å². The van der Waals surface area contributed by atoms with Crippen LogP contribution >= 0.6 is 0 Å². The maximum absolute atomic E-state index is 3.22. The summed E-state index contributed by atoms with van der Waals surface area (Å²) in [6, 6.07) is 0. The number of unbranched alkanes of at least 4 members (excludes halogenated alkanes) is 1. The predicted octanol–water partition coefficient (Wildman–Crippen LogP) is 3.20. The summed E-state index contributed by atoms with van der Waals surface area (Å²) < 4.78 is 0. The number of nitrogens with one attached hydrogen (secondary N) is 1. The quantitative estimate of drug-likeness (QED) is 0.619. The van der Waals surface area contributed by atoms with Crippen LogP contribution in [0.15, 0.2) is 0 Å². The van der Waals surface area contributed by atoms with E-state index in [9.17, 15) is 0 Å². The van der Waals surface area contributed by atoms with Crippen molar-refractivity contribution in [2.24, 2.45) is 0 Å². The third-order valence-corrected chi connectivity index (χ3v) is 1.46.